The number of aromatic nitrogens is 4. The zero-order valence-electron chi connectivity index (χ0n) is 12.0. The summed E-state index contributed by atoms with van der Waals surface area (Å²) in [4.78, 5) is 19.8. The molecule has 0 saturated carbocycles. The Labute approximate surface area is 123 Å². The SMILES string of the molecule is CNc1nc(Cc2ccccn2)nc(N2CCOCC2)n1. The molecule has 0 spiro atoms. The molecule has 0 bridgehead atoms. The van der Waals surface area contributed by atoms with Crippen LogP contribution < -0.4 is 10.2 Å². The van der Waals surface area contributed by atoms with E-state index in [0.29, 0.717) is 31.5 Å². The van der Waals surface area contributed by atoms with E-state index in [-0.39, 0.29) is 0 Å². The third-order valence-corrected chi connectivity index (χ3v) is 3.25. The second kappa shape index (κ2) is 6.45. The van der Waals surface area contributed by atoms with Gasteiger partial charge in [0.1, 0.15) is 5.82 Å². The summed E-state index contributed by atoms with van der Waals surface area (Å²) in [5, 5.41) is 2.99. The molecule has 0 aliphatic carbocycles. The molecular formula is C14H18N6O. The molecule has 7 heteroatoms. The van der Waals surface area contributed by atoms with Gasteiger partial charge in [0, 0.05) is 32.0 Å². The highest BCUT2D eigenvalue weighted by molar-refractivity contribution is 5.37. The number of hydrogen-bond donors (Lipinski definition) is 1. The first kappa shape index (κ1) is 13.7. The number of ether oxygens (including phenoxy) is 1. The minimum Gasteiger partial charge on any atom is -0.378 e. The smallest absolute Gasteiger partial charge is 0.230 e. The summed E-state index contributed by atoms with van der Waals surface area (Å²) in [6.07, 6.45) is 2.37. The van der Waals surface area contributed by atoms with Crippen molar-refractivity contribution in [2.75, 3.05) is 43.6 Å². The minimum absolute atomic E-state index is 0.581. The Bertz CT molecular complexity index is 585. The van der Waals surface area contributed by atoms with Gasteiger partial charge in [-0.05, 0) is 12.1 Å². The van der Waals surface area contributed by atoms with Crippen LogP contribution in [0.25, 0.3) is 0 Å². The molecule has 1 fully saturated rings. The zero-order chi connectivity index (χ0) is 14.5. The molecule has 0 aromatic carbocycles. The van der Waals surface area contributed by atoms with E-state index < -0.39 is 0 Å². The van der Waals surface area contributed by atoms with Gasteiger partial charge in [0.15, 0.2) is 0 Å². The third kappa shape index (κ3) is 3.43. The summed E-state index contributed by atoms with van der Waals surface area (Å²) >= 11 is 0. The highest BCUT2D eigenvalue weighted by Gasteiger charge is 2.16. The summed E-state index contributed by atoms with van der Waals surface area (Å²) in [6, 6.07) is 5.83. The van der Waals surface area contributed by atoms with Crippen LogP contribution in [0.5, 0.6) is 0 Å². The van der Waals surface area contributed by atoms with E-state index in [1.54, 1.807) is 6.20 Å². The van der Waals surface area contributed by atoms with Crippen molar-refractivity contribution >= 4 is 11.9 Å². The Morgan fingerprint density at radius 1 is 1.19 bits per heavy atom. The number of morpholine rings is 1. The first-order valence-electron chi connectivity index (χ1n) is 7.00. The molecule has 3 heterocycles. The van der Waals surface area contributed by atoms with Crippen LogP contribution in [0.2, 0.25) is 0 Å². The lowest BCUT2D eigenvalue weighted by Gasteiger charge is -2.27. The monoisotopic (exact) mass is 286 g/mol. The van der Waals surface area contributed by atoms with E-state index >= 15 is 0 Å². The number of anilines is 2. The van der Waals surface area contributed by atoms with Crippen LogP contribution in [0.15, 0.2) is 24.4 Å². The summed E-state index contributed by atoms with van der Waals surface area (Å²) in [5.74, 6) is 2.00. The van der Waals surface area contributed by atoms with Gasteiger partial charge in [-0.25, -0.2) is 0 Å². The second-order valence-electron chi connectivity index (χ2n) is 4.72. The Hall–Kier alpha value is -2.28. The molecule has 3 rings (SSSR count). The predicted molar refractivity (Wildman–Crippen MR) is 79.4 cm³/mol. The van der Waals surface area contributed by atoms with Crippen molar-refractivity contribution in [1.29, 1.82) is 0 Å². The van der Waals surface area contributed by atoms with Crippen LogP contribution in [0, 0.1) is 0 Å². The molecule has 0 radical (unpaired) electrons. The zero-order valence-corrected chi connectivity index (χ0v) is 12.0. The summed E-state index contributed by atoms with van der Waals surface area (Å²) in [7, 11) is 1.81. The maximum absolute atomic E-state index is 5.37. The van der Waals surface area contributed by atoms with Gasteiger partial charge >= 0.3 is 0 Å². The Balaban J connectivity index is 1.85. The fraction of sp³-hybridized carbons (Fsp3) is 0.429. The Morgan fingerprint density at radius 3 is 2.76 bits per heavy atom. The number of pyridine rings is 1. The van der Waals surface area contributed by atoms with Crippen molar-refractivity contribution in [2.45, 2.75) is 6.42 Å². The van der Waals surface area contributed by atoms with Crippen molar-refractivity contribution in [3.05, 3.63) is 35.9 Å². The highest BCUT2D eigenvalue weighted by atomic mass is 16.5. The molecule has 0 amide bonds. The normalized spacial score (nSPS) is 15.0. The van der Waals surface area contributed by atoms with E-state index in [4.69, 9.17) is 4.74 Å². The van der Waals surface area contributed by atoms with Gasteiger partial charge in [-0.3, -0.25) is 4.98 Å². The molecule has 1 aliphatic heterocycles. The largest absolute Gasteiger partial charge is 0.378 e. The molecule has 0 unspecified atom stereocenters. The first-order chi connectivity index (χ1) is 10.3. The summed E-state index contributed by atoms with van der Waals surface area (Å²) < 4.78 is 5.37. The summed E-state index contributed by atoms with van der Waals surface area (Å²) in [6.45, 7) is 3.01. The van der Waals surface area contributed by atoms with Gasteiger partial charge in [0.05, 0.1) is 19.6 Å². The molecule has 2 aromatic rings. The molecular weight excluding hydrogens is 268 g/mol. The number of nitrogens with one attached hydrogen (secondary N) is 1. The van der Waals surface area contributed by atoms with E-state index in [9.17, 15) is 0 Å². The van der Waals surface area contributed by atoms with Crippen molar-refractivity contribution in [3.63, 3.8) is 0 Å². The molecule has 110 valence electrons. The maximum atomic E-state index is 5.37. The van der Waals surface area contributed by atoms with Crippen molar-refractivity contribution < 1.29 is 4.74 Å². The number of rotatable bonds is 4. The third-order valence-electron chi connectivity index (χ3n) is 3.25. The van der Waals surface area contributed by atoms with Gasteiger partial charge in [-0.2, -0.15) is 15.0 Å². The standard InChI is InChI=1S/C14H18N6O/c1-15-13-17-12(10-11-4-2-3-5-16-11)18-14(19-13)20-6-8-21-9-7-20/h2-5H,6-10H2,1H3,(H,15,17,18,19). The van der Waals surface area contributed by atoms with Gasteiger partial charge < -0.3 is 15.0 Å². The average Bonchev–Trinajstić information content (AvgIpc) is 2.56. The fourth-order valence-electron chi connectivity index (χ4n) is 2.17. The first-order valence-corrected chi connectivity index (χ1v) is 7.00. The quantitative estimate of drug-likeness (QED) is 0.888. The molecule has 1 N–H and O–H groups in total. The molecule has 2 aromatic heterocycles. The second-order valence-corrected chi connectivity index (χ2v) is 4.72. The Kier molecular flexibility index (Phi) is 4.20. The van der Waals surface area contributed by atoms with Crippen molar-refractivity contribution in [2.24, 2.45) is 0 Å². The van der Waals surface area contributed by atoms with Crippen LogP contribution in [0.1, 0.15) is 11.5 Å². The van der Waals surface area contributed by atoms with E-state index in [0.717, 1.165) is 24.6 Å². The van der Waals surface area contributed by atoms with Gasteiger partial charge in [0.25, 0.3) is 0 Å². The molecule has 1 saturated heterocycles. The van der Waals surface area contributed by atoms with Crippen LogP contribution in [-0.4, -0.2) is 53.3 Å². The topological polar surface area (TPSA) is 76.1 Å². The average molecular weight is 286 g/mol. The maximum Gasteiger partial charge on any atom is 0.230 e. The van der Waals surface area contributed by atoms with Crippen LogP contribution >= 0.6 is 0 Å². The van der Waals surface area contributed by atoms with Crippen LogP contribution in [0.3, 0.4) is 0 Å². The van der Waals surface area contributed by atoms with E-state index in [1.807, 2.05) is 25.2 Å². The van der Waals surface area contributed by atoms with E-state index in [1.165, 1.54) is 0 Å². The number of nitrogens with zero attached hydrogens (tertiary/aromatic N) is 5. The van der Waals surface area contributed by atoms with Crippen LogP contribution in [0.4, 0.5) is 11.9 Å². The Morgan fingerprint density at radius 2 is 2.05 bits per heavy atom. The molecule has 0 atom stereocenters. The number of hydrogen-bond acceptors (Lipinski definition) is 7. The van der Waals surface area contributed by atoms with Gasteiger partial charge in [-0.1, -0.05) is 6.07 Å². The lowest BCUT2D eigenvalue weighted by Crippen LogP contribution is -2.37. The summed E-state index contributed by atoms with van der Waals surface area (Å²) in [5.41, 5.74) is 0.943. The van der Waals surface area contributed by atoms with Gasteiger partial charge in [-0.15, -0.1) is 0 Å². The van der Waals surface area contributed by atoms with Gasteiger partial charge in [0.2, 0.25) is 11.9 Å². The fourth-order valence-corrected chi connectivity index (χ4v) is 2.17. The molecule has 21 heavy (non-hydrogen) atoms. The predicted octanol–water partition coefficient (Wildman–Crippen LogP) is 0.736. The van der Waals surface area contributed by atoms with Crippen LogP contribution in [-0.2, 0) is 11.2 Å². The van der Waals surface area contributed by atoms with Crippen molar-refractivity contribution in [3.8, 4) is 0 Å². The molecule has 7 nitrogen and oxygen atoms in total. The minimum atomic E-state index is 0.581. The molecule has 1 aliphatic rings. The lowest BCUT2D eigenvalue weighted by atomic mass is 10.2. The van der Waals surface area contributed by atoms with Crippen molar-refractivity contribution in [1.82, 2.24) is 19.9 Å². The highest BCUT2D eigenvalue weighted by Crippen LogP contribution is 2.14. The van der Waals surface area contributed by atoms with E-state index in [2.05, 4.69) is 30.2 Å². The lowest BCUT2D eigenvalue weighted by molar-refractivity contribution is 0.122.